The van der Waals surface area contributed by atoms with E-state index in [0.29, 0.717) is 0 Å². The van der Waals surface area contributed by atoms with Gasteiger partial charge in [-0.1, -0.05) is 13.3 Å². The molecule has 1 aliphatic carbocycles. The van der Waals surface area contributed by atoms with Crippen molar-refractivity contribution in [2.45, 2.75) is 44.8 Å². The topological polar surface area (TPSA) is 35.5 Å². The second-order valence-electron chi connectivity index (χ2n) is 5.06. The summed E-state index contributed by atoms with van der Waals surface area (Å²) in [6.45, 7) is 6.46. The van der Waals surface area contributed by atoms with Gasteiger partial charge in [-0.2, -0.15) is 0 Å². The van der Waals surface area contributed by atoms with E-state index in [2.05, 4.69) is 17.1 Å². The van der Waals surface area contributed by atoms with E-state index in [1.54, 1.807) is 0 Å². The fourth-order valence-electron chi connectivity index (χ4n) is 3.10. The Kier molecular flexibility index (Phi) is 4.00. The normalized spacial score (nSPS) is 37.6. The Morgan fingerprint density at radius 2 is 2.20 bits per heavy atom. The predicted molar refractivity (Wildman–Crippen MR) is 61.9 cm³/mol. The number of likely N-dealkylation sites (tertiary alicyclic amines) is 1. The second kappa shape index (κ2) is 5.28. The van der Waals surface area contributed by atoms with Gasteiger partial charge in [-0.05, 0) is 31.7 Å². The first-order valence-electron chi connectivity index (χ1n) is 6.43. The number of nitrogens with zero attached hydrogens (tertiary/aromatic N) is 1. The molecule has 0 aromatic rings. The standard InChI is InChI=1S/C12H24N2O/c1-2-13-12-5-3-4-10(12)8-14-7-6-11(15)9-14/h10-13,15H,2-9H2,1H3. The molecule has 0 aromatic carbocycles. The molecule has 2 rings (SSSR count). The van der Waals surface area contributed by atoms with Gasteiger partial charge in [0.15, 0.2) is 0 Å². The molecule has 15 heavy (non-hydrogen) atoms. The Bertz CT molecular complexity index is 198. The number of nitrogens with one attached hydrogen (secondary N) is 1. The van der Waals surface area contributed by atoms with Crippen molar-refractivity contribution in [3.63, 3.8) is 0 Å². The van der Waals surface area contributed by atoms with Crippen molar-refractivity contribution >= 4 is 0 Å². The molecule has 1 aliphatic heterocycles. The van der Waals surface area contributed by atoms with E-state index >= 15 is 0 Å². The molecule has 2 N–H and O–H groups in total. The summed E-state index contributed by atoms with van der Waals surface area (Å²) in [4.78, 5) is 2.44. The van der Waals surface area contributed by atoms with Crippen molar-refractivity contribution in [3.8, 4) is 0 Å². The highest BCUT2D eigenvalue weighted by Crippen LogP contribution is 2.27. The molecule has 3 atom stereocenters. The van der Waals surface area contributed by atoms with Crippen LogP contribution in [-0.4, -0.2) is 48.3 Å². The SMILES string of the molecule is CCNC1CCCC1CN1CCC(O)C1. The van der Waals surface area contributed by atoms with Crippen LogP contribution in [-0.2, 0) is 0 Å². The number of aliphatic hydroxyl groups excluding tert-OH is 1. The number of aliphatic hydroxyl groups is 1. The van der Waals surface area contributed by atoms with Gasteiger partial charge in [-0.15, -0.1) is 0 Å². The van der Waals surface area contributed by atoms with Gasteiger partial charge < -0.3 is 15.3 Å². The van der Waals surface area contributed by atoms with E-state index in [0.717, 1.165) is 38.0 Å². The monoisotopic (exact) mass is 212 g/mol. The Morgan fingerprint density at radius 1 is 1.33 bits per heavy atom. The van der Waals surface area contributed by atoms with Gasteiger partial charge in [0.05, 0.1) is 6.10 Å². The molecule has 3 heteroatoms. The maximum atomic E-state index is 9.49. The molecule has 3 nitrogen and oxygen atoms in total. The average molecular weight is 212 g/mol. The van der Waals surface area contributed by atoms with Crippen LogP contribution < -0.4 is 5.32 Å². The molecule has 1 saturated heterocycles. The first kappa shape index (κ1) is 11.4. The highest BCUT2D eigenvalue weighted by molar-refractivity contribution is 4.87. The van der Waals surface area contributed by atoms with Crippen LogP contribution in [0.3, 0.4) is 0 Å². The molecule has 0 amide bonds. The van der Waals surface area contributed by atoms with E-state index in [1.807, 2.05) is 0 Å². The van der Waals surface area contributed by atoms with Gasteiger partial charge in [-0.3, -0.25) is 0 Å². The van der Waals surface area contributed by atoms with Crippen LogP contribution in [0.4, 0.5) is 0 Å². The Morgan fingerprint density at radius 3 is 2.87 bits per heavy atom. The molecule has 2 fully saturated rings. The first-order valence-corrected chi connectivity index (χ1v) is 6.43. The van der Waals surface area contributed by atoms with Gasteiger partial charge >= 0.3 is 0 Å². The quantitative estimate of drug-likeness (QED) is 0.724. The third kappa shape index (κ3) is 2.92. The van der Waals surface area contributed by atoms with E-state index < -0.39 is 0 Å². The van der Waals surface area contributed by atoms with Crippen molar-refractivity contribution in [1.82, 2.24) is 10.2 Å². The molecule has 1 heterocycles. The minimum Gasteiger partial charge on any atom is -0.392 e. The summed E-state index contributed by atoms with van der Waals surface area (Å²) in [6.07, 6.45) is 4.99. The van der Waals surface area contributed by atoms with E-state index in [1.165, 1.54) is 25.8 Å². The lowest BCUT2D eigenvalue weighted by atomic mass is 10.0. The van der Waals surface area contributed by atoms with Crippen molar-refractivity contribution in [1.29, 1.82) is 0 Å². The van der Waals surface area contributed by atoms with Crippen LogP contribution in [0.15, 0.2) is 0 Å². The fourth-order valence-corrected chi connectivity index (χ4v) is 3.10. The lowest BCUT2D eigenvalue weighted by Crippen LogP contribution is -2.38. The van der Waals surface area contributed by atoms with Crippen LogP contribution >= 0.6 is 0 Å². The van der Waals surface area contributed by atoms with Crippen LogP contribution in [0.1, 0.15) is 32.6 Å². The fraction of sp³-hybridized carbons (Fsp3) is 1.00. The van der Waals surface area contributed by atoms with Gasteiger partial charge in [0.2, 0.25) is 0 Å². The van der Waals surface area contributed by atoms with Crippen LogP contribution in [0.2, 0.25) is 0 Å². The minimum absolute atomic E-state index is 0.0658. The van der Waals surface area contributed by atoms with Gasteiger partial charge in [0.1, 0.15) is 0 Å². The molecule has 88 valence electrons. The van der Waals surface area contributed by atoms with Crippen LogP contribution in [0.5, 0.6) is 0 Å². The maximum absolute atomic E-state index is 9.49. The minimum atomic E-state index is -0.0658. The number of hydrogen-bond donors (Lipinski definition) is 2. The average Bonchev–Trinajstić information content (AvgIpc) is 2.78. The van der Waals surface area contributed by atoms with Crippen molar-refractivity contribution < 1.29 is 5.11 Å². The molecule has 0 spiro atoms. The lowest BCUT2D eigenvalue weighted by Gasteiger charge is -2.25. The highest BCUT2D eigenvalue weighted by Gasteiger charge is 2.30. The molecule has 0 aromatic heterocycles. The summed E-state index contributed by atoms with van der Waals surface area (Å²) in [6, 6.07) is 0.729. The summed E-state index contributed by atoms with van der Waals surface area (Å²) in [5, 5.41) is 13.1. The zero-order valence-corrected chi connectivity index (χ0v) is 9.78. The second-order valence-corrected chi connectivity index (χ2v) is 5.06. The van der Waals surface area contributed by atoms with Crippen molar-refractivity contribution in [3.05, 3.63) is 0 Å². The van der Waals surface area contributed by atoms with Crippen LogP contribution in [0.25, 0.3) is 0 Å². The summed E-state index contributed by atoms with van der Waals surface area (Å²) in [7, 11) is 0. The molecule has 1 saturated carbocycles. The van der Waals surface area contributed by atoms with Gasteiger partial charge in [0, 0.05) is 25.7 Å². The summed E-state index contributed by atoms with van der Waals surface area (Å²) < 4.78 is 0. The zero-order valence-electron chi connectivity index (χ0n) is 9.78. The number of hydrogen-bond acceptors (Lipinski definition) is 3. The molecular formula is C12H24N2O. The molecule has 0 radical (unpaired) electrons. The molecule has 2 aliphatic rings. The van der Waals surface area contributed by atoms with Crippen molar-refractivity contribution in [2.75, 3.05) is 26.2 Å². The molecular weight excluding hydrogens is 188 g/mol. The predicted octanol–water partition coefficient (Wildman–Crippen LogP) is 0.831. The Labute approximate surface area is 92.8 Å². The zero-order chi connectivity index (χ0) is 10.7. The van der Waals surface area contributed by atoms with Gasteiger partial charge in [-0.25, -0.2) is 0 Å². The van der Waals surface area contributed by atoms with Gasteiger partial charge in [0.25, 0.3) is 0 Å². The maximum Gasteiger partial charge on any atom is 0.0679 e. The largest absolute Gasteiger partial charge is 0.392 e. The third-order valence-corrected chi connectivity index (χ3v) is 3.87. The van der Waals surface area contributed by atoms with E-state index in [9.17, 15) is 5.11 Å². The van der Waals surface area contributed by atoms with Crippen LogP contribution in [0, 0.1) is 5.92 Å². The summed E-state index contributed by atoms with van der Waals surface area (Å²) >= 11 is 0. The number of rotatable bonds is 4. The first-order chi connectivity index (χ1) is 7.29. The Balaban J connectivity index is 1.77. The van der Waals surface area contributed by atoms with E-state index in [-0.39, 0.29) is 6.10 Å². The van der Waals surface area contributed by atoms with E-state index in [4.69, 9.17) is 0 Å². The summed E-state index contributed by atoms with van der Waals surface area (Å²) in [5.74, 6) is 0.815. The molecule has 3 unspecified atom stereocenters. The Hall–Kier alpha value is -0.120. The van der Waals surface area contributed by atoms with Crippen molar-refractivity contribution in [2.24, 2.45) is 5.92 Å². The smallest absolute Gasteiger partial charge is 0.0679 e. The number of β-amino-alcohol motifs (C(OH)–C–C–N with tert-alkyl or cyclic N) is 1. The molecule has 0 bridgehead atoms. The highest BCUT2D eigenvalue weighted by atomic mass is 16.3. The third-order valence-electron chi connectivity index (χ3n) is 3.87. The lowest BCUT2D eigenvalue weighted by molar-refractivity contribution is 0.167. The summed E-state index contributed by atoms with van der Waals surface area (Å²) in [5.41, 5.74) is 0.